The van der Waals surface area contributed by atoms with E-state index in [0.29, 0.717) is 6.04 Å². The maximum atomic E-state index is 4.42. The molecule has 3 aromatic rings. The van der Waals surface area contributed by atoms with Gasteiger partial charge in [0.1, 0.15) is 0 Å². The summed E-state index contributed by atoms with van der Waals surface area (Å²) >= 11 is 0. The van der Waals surface area contributed by atoms with E-state index in [-0.39, 0.29) is 0 Å². The van der Waals surface area contributed by atoms with Crippen molar-refractivity contribution in [1.82, 2.24) is 30.5 Å². The van der Waals surface area contributed by atoms with E-state index in [1.165, 1.54) is 12.0 Å². The number of anilines is 1. The Morgan fingerprint density at radius 1 is 1.29 bits per heavy atom. The molecule has 7 nitrogen and oxygen atoms in total. The standard InChI is InChI=1S/C17H21N7/c1-12-15-8-13(10-21-16(15)23-22-12)9-20-14-4-2-7-24(11-14)17-18-5-3-6-19-17/h3,5-6,8,10,14,20H,2,4,7,9,11H2,1H3,(H,21,22,23)/t14-/m1/s1. The Morgan fingerprint density at radius 3 is 3.04 bits per heavy atom. The van der Waals surface area contributed by atoms with Gasteiger partial charge in [0.25, 0.3) is 0 Å². The number of hydrogen-bond acceptors (Lipinski definition) is 6. The molecular weight excluding hydrogens is 302 g/mol. The number of rotatable bonds is 4. The zero-order valence-corrected chi connectivity index (χ0v) is 13.7. The lowest BCUT2D eigenvalue weighted by Crippen LogP contribution is -2.46. The highest BCUT2D eigenvalue weighted by atomic mass is 15.3. The Kier molecular flexibility index (Phi) is 4.08. The lowest BCUT2D eigenvalue weighted by molar-refractivity contribution is 0.418. The van der Waals surface area contributed by atoms with Crippen molar-refractivity contribution in [1.29, 1.82) is 0 Å². The molecular formula is C17H21N7. The molecule has 124 valence electrons. The van der Waals surface area contributed by atoms with E-state index in [2.05, 4.69) is 41.4 Å². The minimum Gasteiger partial charge on any atom is -0.339 e. The summed E-state index contributed by atoms with van der Waals surface area (Å²) in [6.07, 6.45) is 7.81. The molecule has 0 aliphatic carbocycles. The second kappa shape index (κ2) is 6.52. The number of fused-ring (bicyclic) bond motifs is 1. The third-order valence-electron chi connectivity index (χ3n) is 4.51. The number of aromatic nitrogens is 5. The van der Waals surface area contributed by atoms with Crippen LogP contribution in [0, 0.1) is 6.92 Å². The fourth-order valence-corrected chi connectivity index (χ4v) is 3.20. The van der Waals surface area contributed by atoms with Gasteiger partial charge in [-0.05, 0) is 37.5 Å². The van der Waals surface area contributed by atoms with Gasteiger partial charge in [-0.2, -0.15) is 5.10 Å². The number of piperidine rings is 1. The number of pyridine rings is 1. The molecule has 24 heavy (non-hydrogen) atoms. The van der Waals surface area contributed by atoms with Gasteiger partial charge >= 0.3 is 0 Å². The van der Waals surface area contributed by atoms with Crippen LogP contribution in [0.5, 0.6) is 0 Å². The molecule has 4 rings (SSSR count). The predicted octanol–water partition coefficient (Wildman–Crippen LogP) is 1.81. The highest BCUT2D eigenvalue weighted by Gasteiger charge is 2.21. The average molecular weight is 323 g/mol. The van der Waals surface area contributed by atoms with Gasteiger partial charge in [-0.15, -0.1) is 0 Å². The maximum absolute atomic E-state index is 4.42. The van der Waals surface area contributed by atoms with Crippen LogP contribution in [-0.4, -0.2) is 44.3 Å². The molecule has 0 amide bonds. The Labute approximate surface area is 140 Å². The first-order valence-corrected chi connectivity index (χ1v) is 8.34. The van der Waals surface area contributed by atoms with E-state index in [0.717, 1.165) is 48.7 Å². The highest BCUT2D eigenvalue weighted by Crippen LogP contribution is 2.17. The maximum Gasteiger partial charge on any atom is 0.225 e. The fraction of sp³-hybridized carbons (Fsp3) is 0.412. The normalized spacial score (nSPS) is 18.2. The zero-order valence-electron chi connectivity index (χ0n) is 13.7. The lowest BCUT2D eigenvalue weighted by atomic mass is 10.1. The Bertz CT molecular complexity index is 814. The fourth-order valence-electron chi connectivity index (χ4n) is 3.20. The van der Waals surface area contributed by atoms with E-state index in [1.54, 1.807) is 12.4 Å². The topological polar surface area (TPSA) is 82.6 Å². The third-order valence-corrected chi connectivity index (χ3v) is 4.51. The second-order valence-corrected chi connectivity index (χ2v) is 6.28. The summed E-state index contributed by atoms with van der Waals surface area (Å²) in [7, 11) is 0. The summed E-state index contributed by atoms with van der Waals surface area (Å²) in [6, 6.07) is 4.45. The number of nitrogens with zero attached hydrogens (tertiary/aromatic N) is 5. The summed E-state index contributed by atoms with van der Waals surface area (Å²) in [5.74, 6) is 0.820. The Balaban J connectivity index is 1.40. The molecule has 4 heterocycles. The zero-order chi connectivity index (χ0) is 16.4. The summed E-state index contributed by atoms with van der Waals surface area (Å²) < 4.78 is 0. The van der Waals surface area contributed by atoms with Crippen LogP contribution < -0.4 is 10.2 Å². The third kappa shape index (κ3) is 3.07. The smallest absolute Gasteiger partial charge is 0.225 e. The van der Waals surface area contributed by atoms with Crippen LogP contribution in [0.1, 0.15) is 24.1 Å². The molecule has 0 saturated carbocycles. The molecule has 0 radical (unpaired) electrons. The van der Waals surface area contributed by atoms with Crippen LogP contribution in [0.25, 0.3) is 11.0 Å². The molecule has 2 N–H and O–H groups in total. The molecule has 3 aromatic heterocycles. The van der Waals surface area contributed by atoms with Crippen LogP contribution in [-0.2, 0) is 6.54 Å². The van der Waals surface area contributed by atoms with Gasteiger partial charge in [-0.1, -0.05) is 0 Å². The van der Waals surface area contributed by atoms with Crippen molar-refractivity contribution >= 4 is 17.0 Å². The average Bonchev–Trinajstić information content (AvgIpc) is 3.02. The van der Waals surface area contributed by atoms with Crippen molar-refractivity contribution in [3.63, 3.8) is 0 Å². The van der Waals surface area contributed by atoms with Crippen LogP contribution >= 0.6 is 0 Å². The van der Waals surface area contributed by atoms with Crippen molar-refractivity contribution in [2.75, 3.05) is 18.0 Å². The summed E-state index contributed by atoms with van der Waals surface area (Å²) in [4.78, 5) is 15.4. The second-order valence-electron chi connectivity index (χ2n) is 6.28. The van der Waals surface area contributed by atoms with Crippen molar-refractivity contribution in [3.05, 3.63) is 42.0 Å². The van der Waals surface area contributed by atoms with Gasteiger partial charge in [0.2, 0.25) is 5.95 Å². The van der Waals surface area contributed by atoms with Gasteiger partial charge < -0.3 is 10.2 Å². The minimum atomic E-state index is 0.434. The van der Waals surface area contributed by atoms with Crippen molar-refractivity contribution in [2.45, 2.75) is 32.4 Å². The summed E-state index contributed by atoms with van der Waals surface area (Å²) in [5.41, 5.74) is 3.02. The molecule has 0 unspecified atom stereocenters. The van der Waals surface area contributed by atoms with E-state index in [4.69, 9.17) is 0 Å². The molecule has 7 heteroatoms. The number of aryl methyl sites for hydroxylation is 1. The van der Waals surface area contributed by atoms with E-state index >= 15 is 0 Å². The SMILES string of the molecule is Cc1[nH]nc2ncc(CN[C@@H]3CCCN(c4ncccn4)C3)cc12. The number of aromatic amines is 1. The monoisotopic (exact) mass is 323 g/mol. The van der Waals surface area contributed by atoms with E-state index < -0.39 is 0 Å². The number of nitrogens with one attached hydrogen (secondary N) is 2. The van der Waals surface area contributed by atoms with Crippen LogP contribution in [0.2, 0.25) is 0 Å². The van der Waals surface area contributed by atoms with Crippen LogP contribution in [0.3, 0.4) is 0 Å². The predicted molar refractivity (Wildman–Crippen MR) is 92.7 cm³/mol. The molecule has 1 aliphatic rings. The Morgan fingerprint density at radius 2 is 2.17 bits per heavy atom. The molecule has 1 aliphatic heterocycles. The molecule has 1 saturated heterocycles. The summed E-state index contributed by atoms with van der Waals surface area (Å²) in [5, 5.41) is 11.9. The molecule has 0 aromatic carbocycles. The van der Waals surface area contributed by atoms with Crippen LogP contribution in [0.15, 0.2) is 30.7 Å². The largest absolute Gasteiger partial charge is 0.339 e. The first kappa shape index (κ1) is 15.0. The highest BCUT2D eigenvalue weighted by molar-refractivity contribution is 5.77. The van der Waals surface area contributed by atoms with E-state index in [9.17, 15) is 0 Å². The lowest BCUT2D eigenvalue weighted by Gasteiger charge is -2.33. The first-order valence-electron chi connectivity index (χ1n) is 8.34. The molecule has 0 bridgehead atoms. The summed E-state index contributed by atoms with van der Waals surface area (Å²) in [6.45, 7) is 4.78. The van der Waals surface area contributed by atoms with Gasteiger partial charge in [0, 0.05) is 55.3 Å². The van der Waals surface area contributed by atoms with Gasteiger partial charge in [-0.3, -0.25) is 5.10 Å². The first-order chi connectivity index (χ1) is 11.8. The number of H-pyrrole nitrogens is 1. The molecule has 1 fully saturated rings. The van der Waals surface area contributed by atoms with Gasteiger partial charge in [-0.25, -0.2) is 15.0 Å². The van der Waals surface area contributed by atoms with Gasteiger partial charge in [0.15, 0.2) is 5.65 Å². The van der Waals surface area contributed by atoms with E-state index in [1.807, 2.05) is 19.2 Å². The van der Waals surface area contributed by atoms with Crippen molar-refractivity contribution in [2.24, 2.45) is 0 Å². The van der Waals surface area contributed by atoms with Crippen LogP contribution in [0.4, 0.5) is 5.95 Å². The van der Waals surface area contributed by atoms with Gasteiger partial charge in [0.05, 0.1) is 0 Å². The van der Waals surface area contributed by atoms with Crippen molar-refractivity contribution < 1.29 is 0 Å². The number of hydrogen-bond donors (Lipinski definition) is 2. The molecule has 0 spiro atoms. The Hall–Kier alpha value is -2.54. The quantitative estimate of drug-likeness (QED) is 0.762. The minimum absolute atomic E-state index is 0.434. The molecule has 1 atom stereocenters. The van der Waals surface area contributed by atoms with Crippen molar-refractivity contribution in [3.8, 4) is 0 Å².